The fourth-order valence-electron chi connectivity index (χ4n) is 1.19. The highest BCUT2D eigenvalue weighted by Gasteiger charge is 2.23. The molecule has 0 aliphatic heterocycles. The van der Waals surface area contributed by atoms with Crippen molar-refractivity contribution in [1.82, 2.24) is 10.1 Å². The summed E-state index contributed by atoms with van der Waals surface area (Å²) in [6, 6.07) is 1.86. The van der Waals surface area contributed by atoms with Crippen LogP contribution in [0.2, 0.25) is 0 Å². The van der Waals surface area contributed by atoms with Gasteiger partial charge in [0.15, 0.2) is 5.82 Å². The van der Waals surface area contributed by atoms with Gasteiger partial charge in [0.05, 0.1) is 12.6 Å². The molecule has 0 bridgehead atoms. The average molecular weight is 239 g/mol. The summed E-state index contributed by atoms with van der Waals surface area (Å²) in [5.74, 6) is 1.66. The SMILES string of the molecule is COc1ccsc1-c1nc(C(C)(C)N)no1. The molecule has 6 heteroatoms. The molecule has 0 radical (unpaired) electrons. The smallest absolute Gasteiger partial charge is 0.271 e. The summed E-state index contributed by atoms with van der Waals surface area (Å²) in [7, 11) is 1.61. The first-order valence-corrected chi connectivity index (χ1v) is 5.65. The van der Waals surface area contributed by atoms with Gasteiger partial charge in [-0.15, -0.1) is 11.3 Å². The minimum Gasteiger partial charge on any atom is -0.495 e. The summed E-state index contributed by atoms with van der Waals surface area (Å²) < 4.78 is 10.4. The Balaban J connectivity index is 2.39. The molecule has 5 nitrogen and oxygen atoms in total. The predicted molar refractivity (Wildman–Crippen MR) is 61.4 cm³/mol. The van der Waals surface area contributed by atoms with Crippen LogP contribution >= 0.6 is 11.3 Å². The normalized spacial score (nSPS) is 11.8. The minimum atomic E-state index is -0.605. The highest BCUT2D eigenvalue weighted by atomic mass is 32.1. The van der Waals surface area contributed by atoms with Crippen LogP contribution in [0.5, 0.6) is 5.75 Å². The number of hydrogen-bond acceptors (Lipinski definition) is 6. The van der Waals surface area contributed by atoms with Crippen molar-refractivity contribution in [3.8, 4) is 16.5 Å². The zero-order chi connectivity index (χ0) is 11.8. The summed E-state index contributed by atoms with van der Waals surface area (Å²) in [5.41, 5.74) is 5.28. The summed E-state index contributed by atoms with van der Waals surface area (Å²) >= 11 is 1.49. The van der Waals surface area contributed by atoms with Gasteiger partial charge in [0, 0.05) is 0 Å². The lowest BCUT2D eigenvalue weighted by atomic mass is 10.1. The zero-order valence-electron chi connectivity index (χ0n) is 9.35. The zero-order valence-corrected chi connectivity index (χ0v) is 10.2. The Kier molecular flexibility index (Phi) is 2.69. The standard InChI is InChI=1S/C10H13N3O2S/c1-10(2,11)9-12-8(15-13-9)7-6(14-3)4-5-16-7/h4-5H,11H2,1-3H3. The van der Waals surface area contributed by atoms with Gasteiger partial charge in [-0.3, -0.25) is 0 Å². The van der Waals surface area contributed by atoms with Gasteiger partial charge in [-0.1, -0.05) is 5.16 Å². The van der Waals surface area contributed by atoms with E-state index in [0.717, 1.165) is 10.6 Å². The van der Waals surface area contributed by atoms with Crippen molar-refractivity contribution in [2.45, 2.75) is 19.4 Å². The number of hydrogen-bond donors (Lipinski definition) is 1. The largest absolute Gasteiger partial charge is 0.495 e. The second-order valence-electron chi connectivity index (χ2n) is 3.96. The van der Waals surface area contributed by atoms with E-state index in [9.17, 15) is 0 Å². The summed E-state index contributed by atoms with van der Waals surface area (Å²) in [4.78, 5) is 5.08. The second-order valence-corrected chi connectivity index (χ2v) is 4.88. The number of rotatable bonds is 3. The molecular formula is C10H13N3O2S. The van der Waals surface area contributed by atoms with E-state index in [1.807, 2.05) is 25.3 Å². The lowest BCUT2D eigenvalue weighted by Gasteiger charge is -2.11. The molecule has 0 aliphatic carbocycles. The first-order chi connectivity index (χ1) is 7.52. The molecule has 2 aromatic rings. The molecule has 0 saturated heterocycles. The third kappa shape index (κ3) is 1.94. The van der Waals surface area contributed by atoms with Gasteiger partial charge in [0.25, 0.3) is 5.89 Å². The Hall–Kier alpha value is -1.40. The molecule has 0 aliphatic rings. The monoisotopic (exact) mass is 239 g/mol. The lowest BCUT2D eigenvalue weighted by molar-refractivity contribution is 0.392. The Morgan fingerprint density at radius 3 is 2.81 bits per heavy atom. The molecule has 0 unspecified atom stereocenters. The molecule has 0 amide bonds. The van der Waals surface area contributed by atoms with Crippen molar-refractivity contribution in [1.29, 1.82) is 0 Å². The highest BCUT2D eigenvalue weighted by Crippen LogP contribution is 2.34. The van der Waals surface area contributed by atoms with E-state index >= 15 is 0 Å². The molecule has 2 rings (SSSR count). The predicted octanol–water partition coefficient (Wildman–Crippen LogP) is 2.00. The van der Waals surface area contributed by atoms with Crippen molar-refractivity contribution >= 4 is 11.3 Å². The molecule has 86 valence electrons. The van der Waals surface area contributed by atoms with Crippen molar-refractivity contribution in [2.75, 3.05) is 7.11 Å². The quantitative estimate of drug-likeness (QED) is 0.886. The van der Waals surface area contributed by atoms with E-state index in [2.05, 4.69) is 10.1 Å². The maximum atomic E-state index is 5.88. The van der Waals surface area contributed by atoms with Crippen molar-refractivity contribution in [2.24, 2.45) is 5.73 Å². The van der Waals surface area contributed by atoms with Gasteiger partial charge in [-0.05, 0) is 25.3 Å². The van der Waals surface area contributed by atoms with E-state index < -0.39 is 5.54 Å². The Morgan fingerprint density at radius 1 is 1.50 bits per heavy atom. The van der Waals surface area contributed by atoms with Crippen molar-refractivity contribution in [3.05, 3.63) is 17.3 Å². The fraction of sp³-hybridized carbons (Fsp3) is 0.400. The van der Waals surface area contributed by atoms with E-state index in [4.69, 9.17) is 15.0 Å². The molecule has 0 saturated carbocycles. The number of ether oxygens (including phenoxy) is 1. The van der Waals surface area contributed by atoms with Crippen LogP contribution < -0.4 is 10.5 Å². The van der Waals surface area contributed by atoms with Crippen LogP contribution in [-0.4, -0.2) is 17.3 Å². The van der Waals surface area contributed by atoms with Gasteiger partial charge in [0.1, 0.15) is 10.6 Å². The van der Waals surface area contributed by atoms with E-state index in [1.165, 1.54) is 11.3 Å². The molecule has 0 atom stereocenters. The maximum Gasteiger partial charge on any atom is 0.271 e. The van der Waals surface area contributed by atoms with Crippen LogP contribution in [0.1, 0.15) is 19.7 Å². The molecule has 16 heavy (non-hydrogen) atoms. The Morgan fingerprint density at radius 2 is 2.25 bits per heavy atom. The number of nitrogens with two attached hydrogens (primary N) is 1. The lowest BCUT2D eigenvalue weighted by Crippen LogP contribution is -2.30. The first kappa shape index (κ1) is 11.1. The van der Waals surface area contributed by atoms with Gasteiger partial charge >= 0.3 is 0 Å². The number of nitrogens with zero attached hydrogens (tertiary/aromatic N) is 2. The summed E-state index contributed by atoms with van der Waals surface area (Å²) in [5, 5.41) is 5.77. The number of methoxy groups -OCH3 is 1. The van der Waals surface area contributed by atoms with Crippen molar-refractivity contribution < 1.29 is 9.26 Å². The molecular weight excluding hydrogens is 226 g/mol. The Bertz CT molecular complexity index is 484. The molecule has 0 aromatic carbocycles. The van der Waals surface area contributed by atoms with Crippen LogP contribution in [0.4, 0.5) is 0 Å². The first-order valence-electron chi connectivity index (χ1n) is 4.77. The van der Waals surface area contributed by atoms with Crippen LogP contribution in [-0.2, 0) is 5.54 Å². The van der Waals surface area contributed by atoms with E-state index in [1.54, 1.807) is 7.11 Å². The number of thiophene rings is 1. The van der Waals surface area contributed by atoms with Crippen LogP contribution in [0.3, 0.4) is 0 Å². The molecule has 0 fully saturated rings. The fourth-order valence-corrected chi connectivity index (χ4v) is 1.97. The van der Waals surface area contributed by atoms with Gasteiger partial charge in [-0.25, -0.2) is 0 Å². The minimum absolute atomic E-state index is 0.445. The summed E-state index contributed by atoms with van der Waals surface area (Å²) in [6.45, 7) is 3.65. The highest BCUT2D eigenvalue weighted by molar-refractivity contribution is 7.13. The van der Waals surface area contributed by atoms with E-state index in [0.29, 0.717) is 11.7 Å². The molecule has 0 spiro atoms. The maximum absolute atomic E-state index is 5.88. The topological polar surface area (TPSA) is 74.2 Å². The second kappa shape index (κ2) is 3.88. The average Bonchev–Trinajstić information content (AvgIpc) is 2.84. The van der Waals surface area contributed by atoms with Gasteiger partial charge in [0.2, 0.25) is 0 Å². The third-order valence-electron chi connectivity index (χ3n) is 2.05. The molecule has 2 heterocycles. The third-order valence-corrected chi connectivity index (χ3v) is 2.93. The van der Waals surface area contributed by atoms with Crippen LogP contribution in [0.15, 0.2) is 16.0 Å². The number of aromatic nitrogens is 2. The Labute approximate surface area is 97.2 Å². The van der Waals surface area contributed by atoms with Crippen molar-refractivity contribution in [3.63, 3.8) is 0 Å². The van der Waals surface area contributed by atoms with Gasteiger partial charge in [-0.2, -0.15) is 4.98 Å². The van der Waals surface area contributed by atoms with Gasteiger partial charge < -0.3 is 15.0 Å². The van der Waals surface area contributed by atoms with E-state index in [-0.39, 0.29) is 0 Å². The summed E-state index contributed by atoms with van der Waals surface area (Å²) in [6.07, 6.45) is 0. The van der Waals surface area contributed by atoms with Crippen LogP contribution in [0.25, 0.3) is 10.8 Å². The van der Waals surface area contributed by atoms with Crippen LogP contribution in [0, 0.1) is 0 Å². The molecule has 2 N–H and O–H groups in total. The molecule has 2 aromatic heterocycles.